The SMILES string of the molecule is CCNC(=O)CCOc1c(Br)cc(CO)cc1OC. The average Bonchev–Trinajstić information content (AvgIpc) is 2.40. The lowest BCUT2D eigenvalue weighted by atomic mass is 10.2. The van der Waals surface area contributed by atoms with E-state index >= 15 is 0 Å². The van der Waals surface area contributed by atoms with Crippen LogP contribution in [-0.4, -0.2) is 31.3 Å². The van der Waals surface area contributed by atoms with Crippen molar-refractivity contribution in [3.8, 4) is 11.5 Å². The Hall–Kier alpha value is -1.27. The van der Waals surface area contributed by atoms with Crippen molar-refractivity contribution in [2.24, 2.45) is 0 Å². The van der Waals surface area contributed by atoms with Crippen LogP contribution in [0.3, 0.4) is 0 Å². The predicted octanol–water partition coefficient (Wildman–Crippen LogP) is 1.85. The van der Waals surface area contributed by atoms with Gasteiger partial charge in [-0.15, -0.1) is 0 Å². The molecule has 0 atom stereocenters. The molecule has 6 heteroatoms. The molecular weight excluding hydrogens is 314 g/mol. The molecule has 0 aliphatic rings. The molecule has 0 aliphatic carbocycles. The van der Waals surface area contributed by atoms with E-state index in [2.05, 4.69) is 21.2 Å². The number of aliphatic hydroxyl groups excluding tert-OH is 1. The van der Waals surface area contributed by atoms with E-state index in [0.717, 1.165) is 5.56 Å². The highest BCUT2D eigenvalue weighted by Gasteiger charge is 2.12. The summed E-state index contributed by atoms with van der Waals surface area (Å²) >= 11 is 3.36. The molecule has 0 radical (unpaired) electrons. The third-order valence-corrected chi connectivity index (χ3v) is 3.01. The monoisotopic (exact) mass is 331 g/mol. The van der Waals surface area contributed by atoms with Crippen molar-refractivity contribution in [3.63, 3.8) is 0 Å². The van der Waals surface area contributed by atoms with Gasteiger partial charge in [-0.05, 0) is 40.5 Å². The number of benzene rings is 1. The normalized spacial score (nSPS) is 10.1. The molecule has 0 aromatic heterocycles. The summed E-state index contributed by atoms with van der Waals surface area (Å²) in [6.07, 6.45) is 0.283. The fraction of sp³-hybridized carbons (Fsp3) is 0.462. The molecule has 0 spiro atoms. The Kier molecular flexibility index (Phi) is 6.66. The zero-order chi connectivity index (χ0) is 14.3. The highest BCUT2D eigenvalue weighted by molar-refractivity contribution is 9.10. The van der Waals surface area contributed by atoms with E-state index in [4.69, 9.17) is 14.6 Å². The van der Waals surface area contributed by atoms with Crippen molar-refractivity contribution in [1.29, 1.82) is 0 Å². The number of carbonyl (C=O) groups is 1. The molecule has 1 aromatic rings. The summed E-state index contributed by atoms with van der Waals surface area (Å²) in [4.78, 5) is 11.3. The van der Waals surface area contributed by atoms with Gasteiger partial charge < -0.3 is 19.9 Å². The van der Waals surface area contributed by atoms with Gasteiger partial charge in [0.2, 0.25) is 5.91 Å². The van der Waals surface area contributed by atoms with E-state index < -0.39 is 0 Å². The summed E-state index contributed by atoms with van der Waals surface area (Å²) in [5, 5.41) is 11.8. The molecule has 0 saturated heterocycles. The lowest BCUT2D eigenvalue weighted by molar-refractivity contribution is -0.121. The Morgan fingerprint density at radius 1 is 1.47 bits per heavy atom. The quantitative estimate of drug-likeness (QED) is 0.800. The standard InChI is InChI=1S/C13H18BrNO4/c1-3-15-12(17)4-5-19-13-10(14)6-9(8-16)7-11(13)18-2/h6-7,16H,3-5,8H2,1-2H3,(H,15,17). The van der Waals surface area contributed by atoms with Gasteiger partial charge in [-0.3, -0.25) is 4.79 Å². The number of hydrogen-bond acceptors (Lipinski definition) is 4. The maximum atomic E-state index is 11.3. The lowest BCUT2D eigenvalue weighted by Gasteiger charge is -2.13. The molecule has 5 nitrogen and oxygen atoms in total. The summed E-state index contributed by atoms with van der Waals surface area (Å²) < 4.78 is 11.5. The Morgan fingerprint density at radius 2 is 2.21 bits per heavy atom. The summed E-state index contributed by atoms with van der Waals surface area (Å²) in [5.41, 5.74) is 0.722. The first-order chi connectivity index (χ1) is 9.12. The van der Waals surface area contributed by atoms with Gasteiger partial charge in [-0.2, -0.15) is 0 Å². The van der Waals surface area contributed by atoms with Crippen LogP contribution in [0.25, 0.3) is 0 Å². The molecule has 1 rings (SSSR count). The smallest absolute Gasteiger partial charge is 0.223 e. The van der Waals surface area contributed by atoms with E-state index in [-0.39, 0.29) is 25.5 Å². The van der Waals surface area contributed by atoms with Crippen LogP contribution in [0.4, 0.5) is 0 Å². The number of halogens is 1. The first-order valence-electron chi connectivity index (χ1n) is 5.99. The largest absolute Gasteiger partial charge is 0.493 e. The van der Waals surface area contributed by atoms with Gasteiger partial charge in [-0.1, -0.05) is 0 Å². The number of methoxy groups -OCH3 is 1. The van der Waals surface area contributed by atoms with Gasteiger partial charge in [0, 0.05) is 6.54 Å². The molecular formula is C13H18BrNO4. The number of aliphatic hydroxyl groups is 1. The molecule has 0 saturated carbocycles. The van der Waals surface area contributed by atoms with Gasteiger partial charge in [0.1, 0.15) is 0 Å². The van der Waals surface area contributed by atoms with Crippen LogP contribution in [-0.2, 0) is 11.4 Å². The Balaban J connectivity index is 2.69. The molecule has 0 aliphatic heterocycles. The molecule has 19 heavy (non-hydrogen) atoms. The number of carbonyl (C=O) groups excluding carboxylic acids is 1. The van der Waals surface area contributed by atoms with Crippen LogP contribution in [0.5, 0.6) is 11.5 Å². The number of amides is 1. The Bertz CT molecular complexity index is 437. The Labute approximate surface area is 121 Å². The van der Waals surface area contributed by atoms with Gasteiger partial charge in [-0.25, -0.2) is 0 Å². The van der Waals surface area contributed by atoms with Crippen LogP contribution in [0, 0.1) is 0 Å². The van der Waals surface area contributed by atoms with Gasteiger partial charge >= 0.3 is 0 Å². The molecule has 0 heterocycles. The molecule has 0 fully saturated rings. The van der Waals surface area contributed by atoms with Crippen molar-refractivity contribution in [1.82, 2.24) is 5.32 Å². The van der Waals surface area contributed by atoms with Crippen LogP contribution >= 0.6 is 15.9 Å². The van der Waals surface area contributed by atoms with Crippen molar-refractivity contribution in [2.45, 2.75) is 20.0 Å². The number of nitrogens with one attached hydrogen (secondary N) is 1. The van der Waals surface area contributed by atoms with Crippen molar-refractivity contribution in [2.75, 3.05) is 20.3 Å². The van der Waals surface area contributed by atoms with Crippen molar-refractivity contribution in [3.05, 3.63) is 22.2 Å². The fourth-order valence-electron chi connectivity index (χ4n) is 1.54. The minimum atomic E-state index is -0.0753. The molecule has 106 valence electrons. The van der Waals surface area contributed by atoms with Gasteiger partial charge in [0.15, 0.2) is 11.5 Å². The number of hydrogen-bond donors (Lipinski definition) is 2. The summed E-state index contributed by atoms with van der Waals surface area (Å²) in [6, 6.07) is 3.45. The topological polar surface area (TPSA) is 67.8 Å². The molecule has 1 amide bonds. The first kappa shape index (κ1) is 15.8. The van der Waals surface area contributed by atoms with Gasteiger partial charge in [0.25, 0.3) is 0 Å². The highest BCUT2D eigenvalue weighted by atomic mass is 79.9. The third-order valence-electron chi connectivity index (χ3n) is 2.42. The maximum Gasteiger partial charge on any atom is 0.223 e. The second-order valence-corrected chi connectivity index (χ2v) is 4.67. The predicted molar refractivity (Wildman–Crippen MR) is 75.4 cm³/mol. The zero-order valence-corrected chi connectivity index (χ0v) is 12.6. The van der Waals surface area contributed by atoms with E-state index in [1.54, 1.807) is 12.1 Å². The lowest BCUT2D eigenvalue weighted by Crippen LogP contribution is -2.24. The van der Waals surface area contributed by atoms with E-state index in [9.17, 15) is 4.79 Å². The second-order valence-electron chi connectivity index (χ2n) is 3.82. The maximum absolute atomic E-state index is 11.3. The summed E-state index contributed by atoms with van der Waals surface area (Å²) in [5.74, 6) is 1.00. The Morgan fingerprint density at radius 3 is 2.79 bits per heavy atom. The van der Waals surface area contributed by atoms with E-state index in [0.29, 0.717) is 22.5 Å². The number of ether oxygens (including phenoxy) is 2. The average molecular weight is 332 g/mol. The van der Waals surface area contributed by atoms with Crippen molar-refractivity contribution >= 4 is 21.8 Å². The summed E-state index contributed by atoms with van der Waals surface area (Å²) in [7, 11) is 1.53. The van der Waals surface area contributed by atoms with Crippen LogP contribution in [0.2, 0.25) is 0 Å². The minimum absolute atomic E-state index is 0.0513. The first-order valence-corrected chi connectivity index (χ1v) is 6.78. The van der Waals surface area contributed by atoms with E-state index in [1.807, 2.05) is 6.92 Å². The molecule has 2 N–H and O–H groups in total. The molecule has 0 unspecified atom stereocenters. The number of rotatable bonds is 7. The minimum Gasteiger partial charge on any atom is -0.493 e. The molecule has 0 bridgehead atoms. The van der Waals surface area contributed by atoms with Crippen LogP contribution in [0.15, 0.2) is 16.6 Å². The molecule has 1 aromatic carbocycles. The van der Waals surface area contributed by atoms with Gasteiger partial charge in [0.05, 0.1) is 31.2 Å². The summed E-state index contributed by atoms with van der Waals surface area (Å²) in [6.45, 7) is 2.66. The van der Waals surface area contributed by atoms with E-state index in [1.165, 1.54) is 7.11 Å². The van der Waals surface area contributed by atoms with Crippen molar-refractivity contribution < 1.29 is 19.4 Å². The highest BCUT2D eigenvalue weighted by Crippen LogP contribution is 2.36. The van der Waals surface area contributed by atoms with Crippen LogP contribution in [0.1, 0.15) is 18.9 Å². The van der Waals surface area contributed by atoms with Crippen LogP contribution < -0.4 is 14.8 Å². The fourth-order valence-corrected chi connectivity index (χ4v) is 2.14. The zero-order valence-electron chi connectivity index (χ0n) is 11.0. The second kappa shape index (κ2) is 8.01. The third kappa shape index (κ3) is 4.72.